The second-order valence-corrected chi connectivity index (χ2v) is 5.88. The van der Waals surface area contributed by atoms with E-state index in [1.165, 1.54) is 6.92 Å². The Morgan fingerprint density at radius 2 is 2.04 bits per heavy atom. The Balaban J connectivity index is 1.70. The van der Waals surface area contributed by atoms with Crippen molar-refractivity contribution < 1.29 is 14.4 Å². The maximum absolute atomic E-state index is 11.2. The third-order valence-electron chi connectivity index (χ3n) is 4.04. The van der Waals surface area contributed by atoms with Crippen LogP contribution in [0.1, 0.15) is 19.8 Å². The smallest absolute Gasteiger partial charge is 0.312 e. The van der Waals surface area contributed by atoms with Crippen molar-refractivity contribution in [1.82, 2.24) is 10.4 Å². The summed E-state index contributed by atoms with van der Waals surface area (Å²) in [6.07, 6.45) is 2.06. The predicted octanol–water partition coefficient (Wildman–Crippen LogP) is 1.22. The first-order valence-electron chi connectivity index (χ1n) is 8.36. The van der Waals surface area contributed by atoms with Crippen LogP contribution in [0.15, 0.2) is 24.3 Å². The molecule has 2 N–H and O–H groups in total. The van der Waals surface area contributed by atoms with Gasteiger partial charge in [0.05, 0.1) is 0 Å². The molecule has 1 aromatic carbocycles. The Hall–Kier alpha value is -2.12. The third-order valence-corrected chi connectivity index (χ3v) is 4.04. The summed E-state index contributed by atoms with van der Waals surface area (Å²) in [5, 5.41) is 2.83. The Kier molecular flexibility index (Phi) is 7.51. The van der Waals surface area contributed by atoms with Crippen molar-refractivity contribution in [2.24, 2.45) is 0 Å². The molecule has 24 heavy (non-hydrogen) atoms. The molecular weight excluding hydrogens is 308 g/mol. The molecule has 1 saturated heterocycles. The van der Waals surface area contributed by atoms with Gasteiger partial charge in [-0.2, -0.15) is 5.48 Å². The maximum Gasteiger partial charge on any atom is 0.312 e. The molecule has 1 aromatic rings. The standard InChI is InChI=1S/C17H26N4O3/c1-15(23)19-16-5-4-6-17(13-16)21-11-9-20(10-12-21)8-3-2-7-18-24-14-22/h4-6,13-14,18H,2-3,7-12H2,1H3,(H,19,23). The van der Waals surface area contributed by atoms with Gasteiger partial charge in [0.1, 0.15) is 0 Å². The summed E-state index contributed by atoms with van der Waals surface area (Å²) in [6.45, 7) is 7.70. The molecule has 1 aliphatic heterocycles. The highest BCUT2D eigenvalue weighted by atomic mass is 16.7. The average Bonchev–Trinajstić information content (AvgIpc) is 2.58. The van der Waals surface area contributed by atoms with Gasteiger partial charge in [-0.3, -0.25) is 14.5 Å². The average molecular weight is 334 g/mol. The summed E-state index contributed by atoms with van der Waals surface area (Å²) < 4.78 is 0. The number of hydrogen-bond donors (Lipinski definition) is 2. The fourth-order valence-electron chi connectivity index (χ4n) is 2.84. The van der Waals surface area contributed by atoms with Crippen LogP contribution in [0.25, 0.3) is 0 Å². The number of piperazine rings is 1. The van der Waals surface area contributed by atoms with Crippen molar-refractivity contribution in [2.45, 2.75) is 19.8 Å². The molecule has 0 saturated carbocycles. The van der Waals surface area contributed by atoms with Crippen LogP contribution in [-0.4, -0.2) is 56.5 Å². The van der Waals surface area contributed by atoms with Gasteiger partial charge in [-0.15, -0.1) is 0 Å². The number of nitrogens with zero attached hydrogens (tertiary/aromatic N) is 2. The lowest BCUT2D eigenvalue weighted by Crippen LogP contribution is -2.46. The molecule has 7 heteroatoms. The van der Waals surface area contributed by atoms with E-state index in [1.54, 1.807) is 0 Å². The number of hydroxylamine groups is 1. The Morgan fingerprint density at radius 1 is 1.25 bits per heavy atom. The van der Waals surface area contributed by atoms with E-state index in [-0.39, 0.29) is 5.91 Å². The number of carbonyl (C=O) groups excluding carboxylic acids is 2. The van der Waals surface area contributed by atoms with E-state index in [2.05, 4.69) is 31.5 Å². The van der Waals surface area contributed by atoms with Crippen molar-refractivity contribution in [3.05, 3.63) is 24.3 Å². The lowest BCUT2D eigenvalue weighted by atomic mass is 10.2. The molecule has 7 nitrogen and oxygen atoms in total. The first-order valence-corrected chi connectivity index (χ1v) is 8.36. The summed E-state index contributed by atoms with van der Waals surface area (Å²) in [4.78, 5) is 30.4. The topological polar surface area (TPSA) is 73.9 Å². The molecule has 1 aliphatic rings. The number of amides is 1. The van der Waals surface area contributed by atoms with Gasteiger partial charge in [-0.05, 0) is 37.6 Å². The van der Waals surface area contributed by atoms with Crippen LogP contribution in [-0.2, 0) is 14.4 Å². The van der Waals surface area contributed by atoms with E-state index in [9.17, 15) is 9.59 Å². The summed E-state index contributed by atoms with van der Waals surface area (Å²) in [5.41, 5.74) is 4.58. The van der Waals surface area contributed by atoms with Gasteiger partial charge in [0.25, 0.3) is 0 Å². The molecule has 132 valence electrons. The number of carbonyl (C=O) groups is 2. The molecular formula is C17H26N4O3. The van der Waals surface area contributed by atoms with Gasteiger partial charge >= 0.3 is 6.47 Å². The minimum Gasteiger partial charge on any atom is -0.374 e. The normalized spacial score (nSPS) is 15.1. The fraction of sp³-hybridized carbons (Fsp3) is 0.529. The van der Waals surface area contributed by atoms with E-state index in [1.807, 2.05) is 18.2 Å². The van der Waals surface area contributed by atoms with Crippen LogP contribution in [0.4, 0.5) is 11.4 Å². The predicted molar refractivity (Wildman–Crippen MR) is 93.8 cm³/mol. The molecule has 0 radical (unpaired) electrons. The third kappa shape index (κ3) is 6.17. The quantitative estimate of drug-likeness (QED) is 0.402. The zero-order valence-electron chi connectivity index (χ0n) is 14.2. The van der Waals surface area contributed by atoms with E-state index in [0.29, 0.717) is 13.0 Å². The van der Waals surface area contributed by atoms with Crippen molar-refractivity contribution in [2.75, 3.05) is 49.5 Å². The SMILES string of the molecule is CC(=O)Nc1cccc(N2CCN(CCCCNOC=O)CC2)c1. The Morgan fingerprint density at radius 3 is 2.75 bits per heavy atom. The van der Waals surface area contributed by atoms with E-state index in [0.717, 1.165) is 56.9 Å². The van der Waals surface area contributed by atoms with Crippen molar-refractivity contribution >= 4 is 23.8 Å². The number of nitrogens with one attached hydrogen (secondary N) is 2. The van der Waals surface area contributed by atoms with Gasteiger partial charge in [-0.25, -0.2) is 0 Å². The van der Waals surface area contributed by atoms with Crippen molar-refractivity contribution in [1.29, 1.82) is 0 Å². The number of benzene rings is 1. The van der Waals surface area contributed by atoms with Gasteiger partial charge in [0, 0.05) is 51.0 Å². The largest absolute Gasteiger partial charge is 0.374 e. The van der Waals surface area contributed by atoms with Crippen LogP contribution >= 0.6 is 0 Å². The van der Waals surface area contributed by atoms with E-state index in [4.69, 9.17) is 0 Å². The molecule has 0 spiro atoms. The van der Waals surface area contributed by atoms with Crippen LogP contribution in [0.5, 0.6) is 0 Å². The van der Waals surface area contributed by atoms with E-state index >= 15 is 0 Å². The molecule has 2 rings (SSSR count). The van der Waals surface area contributed by atoms with Gasteiger partial charge in [-0.1, -0.05) is 6.07 Å². The highest BCUT2D eigenvalue weighted by Gasteiger charge is 2.17. The minimum atomic E-state index is -0.0509. The van der Waals surface area contributed by atoms with Gasteiger partial charge in [0.2, 0.25) is 5.91 Å². The summed E-state index contributed by atoms with van der Waals surface area (Å²) in [6, 6.07) is 7.99. The zero-order valence-corrected chi connectivity index (χ0v) is 14.2. The Bertz CT molecular complexity index is 530. The molecule has 0 aliphatic carbocycles. The zero-order chi connectivity index (χ0) is 17.2. The Labute approximate surface area is 142 Å². The number of anilines is 2. The van der Waals surface area contributed by atoms with Gasteiger partial charge < -0.3 is 15.1 Å². The minimum absolute atomic E-state index is 0.0509. The van der Waals surface area contributed by atoms with Gasteiger partial charge in [0.15, 0.2) is 0 Å². The number of rotatable bonds is 9. The lowest BCUT2D eigenvalue weighted by Gasteiger charge is -2.36. The monoisotopic (exact) mass is 334 g/mol. The molecule has 1 fully saturated rings. The highest BCUT2D eigenvalue weighted by molar-refractivity contribution is 5.89. The summed E-state index contributed by atoms with van der Waals surface area (Å²) in [7, 11) is 0. The molecule has 0 aromatic heterocycles. The first kappa shape index (κ1) is 18.2. The number of hydrogen-bond acceptors (Lipinski definition) is 6. The van der Waals surface area contributed by atoms with Crippen LogP contribution < -0.4 is 15.7 Å². The first-order chi connectivity index (χ1) is 11.7. The molecule has 0 atom stereocenters. The molecule has 1 heterocycles. The summed E-state index contributed by atoms with van der Waals surface area (Å²) >= 11 is 0. The fourth-order valence-corrected chi connectivity index (χ4v) is 2.84. The van der Waals surface area contributed by atoms with Crippen molar-refractivity contribution in [3.8, 4) is 0 Å². The maximum atomic E-state index is 11.2. The molecule has 1 amide bonds. The summed E-state index contributed by atoms with van der Waals surface area (Å²) in [5.74, 6) is -0.0509. The second-order valence-electron chi connectivity index (χ2n) is 5.88. The van der Waals surface area contributed by atoms with E-state index < -0.39 is 0 Å². The lowest BCUT2D eigenvalue weighted by molar-refractivity contribution is -0.135. The molecule has 0 unspecified atom stereocenters. The second kappa shape index (κ2) is 9.89. The van der Waals surface area contributed by atoms with Crippen molar-refractivity contribution in [3.63, 3.8) is 0 Å². The van der Waals surface area contributed by atoms with Crippen LogP contribution in [0, 0.1) is 0 Å². The van der Waals surface area contributed by atoms with Crippen LogP contribution in [0.2, 0.25) is 0 Å². The highest BCUT2D eigenvalue weighted by Crippen LogP contribution is 2.21. The van der Waals surface area contributed by atoms with Crippen LogP contribution in [0.3, 0.4) is 0 Å². The molecule has 0 bridgehead atoms. The number of unbranched alkanes of at least 4 members (excludes halogenated alkanes) is 1.